The maximum absolute atomic E-state index is 12.1. The van der Waals surface area contributed by atoms with Crippen LogP contribution in [0.4, 0.5) is 0 Å². The average molecular weight is 330 g/mol. The van der Waals surface area contributed by atoms with Crippen LogP contribution in [0.2, 0.25) is 10.0 Å². The highest BCUT2D eigenvalue weighted by Gasteiger charge is 2.46. The van der Waals surface area contributed by atoms with Crippen LogP contribution in [0.1, 0.15) is 44.2 Å². The van der Waals surface area contributed by atoms with Crippen molar-refractivity contribution in [2.75, 3.05) is 0 Å². The molecule has 1 aromatic rings. The molecule has 0 radical (unpaired) electrons. The molecule has 21 heavy (non-hydrogen) atoms. The summed E-state index contributed by atoms with van der Waals surface area (Å²) in [4.78, 5) is 23.4. The number of amides is 1. The fraction of sp³-hybridized carbons (Fsp3) is 0.467. The third-order valence-electron chi connectivity index (χ3n) is 4.09. The van der Waals surface area contributed by atoms with Crippen LogP contribution in [0.25, 0.3) is 0 Å². The van der Waals surface area contributed by atoms with Gasteiger partial charge in [-0.2, -0.15) is 0 Å². The molecule has 0 saturated heterocycles. The van der Waals surface area contributed by atoms with Gasteiger partial charge in [-0.25, -0.2) is 0 Å². The highest BCUT2D eigenvalue weighted by molar-refractivity contribution is 6.42. The second-order valence-electron chi connectivity index (χ2n) is 5.55. The number of rotatable bonds is 5. The van der Waals surface area contributed by atoms with Crippen molar-refractivity contribution < 1.29 is 14.7 Å². The summed E-state index contributed by atoms with van der Waals surface area (Å²) < 4.78 is 0. The summed E-state index contributed by atoms with van der Waals surface area (Å²) in [6.07, 6.45) is 1.98. The molecule has 0 aliphatic heterocycles. The predicted molar refractivity (Wildman–Crippen MR) is 81.6 cm³/mol. The average Bonchev–Trinajstić information content (AvgIpc) is 2.36. The molecule has 1 aliphatic carbocycles. The molecule has 0 heterocycles. The molecule has 4 nitrogen and oxygen atoms in total. The van der Waals surface area contributed by atoms with Crippen LogP contribution < -0.4 is 5.32 Å². The molecule has 1 unspecified atom stereocenters. The van der Waals surface area contributed by atoms with Gasteiger partial charge in [-0.3, -0.25) is 9.59 Å². The maximum Gasteiger partial charge on any atom is 0.310 e. The van der Waals surface area contributed by atoms with Gasteiger partial charge in [-0.15, -0.1) is 0 Å². The van der Waals surface area contributed by atoms with Gasteiger partial charge in [0, 0.05) is 6.42 Å². The van der Waals surface area contributed by atoms with E-state index in [2.05, 4.69) is 5.32 Å². The largest absolute Gasteiger partial charge is 0.481 e. The molecule has 1 atom stereocenters. The highest BCUT2D eigenvalue weighted by Crippen LogP contribution is 2.44. The lowest BCUT2D eigenvalue weighted by atomic mass is 9.66. The monoisotopic (exact) mass is 329 g/mol. The standard InChI is InChI=1S/C15H17Cl2NO3/c1-9(10-4-2-5-11(16)13(10)17)18-12(19)8-15(14(20)21)6-3-7-15/h2,4-5,9H,3,6-8H2,1H3,(H,18,19)(H,20,21). The lowest BCUT2D eigenvalue weighted by Gasteiger charge is -2.37. The van der Waals surface area contributed by atoms with Crippen molar-refractivity contribution in [1.29, 1.82) is 0 Å². The van der Waals surface area contributed by atoms with Crippen LogP contribution in [0, 0.1) is 5.41 Å². The Balaban J connectivity index is 2.02. The normalized spacial score (nSPS) is 17.7. The van der Waals surface area contributed by atoms with Gasteiger partial charge < -0.3 is 10.4 Å². The van der Waals surface area contributed by atoms with Gasteiger partial charge in [0.2, 0.25) is 5.91 Å². The number of benzene rings is 1. The van der Waals surface area contributed by atoms with Crippen molar-refractivity contribution in [2.45, 2.75) is 38.6 Å². The first-order chi connectivity index (χ1) is 9.85. The van der Waals surface area contributed by atoms with E-state index in [0.29, 0.717) is 22.9 Å². The molecule has 0 aromatic heterocycles. The SMILES string of the molecule is CC(NC(=O)CC1(C(=O)O)CCC1)c1cccc(Cl)c1Cl. The van der Waals surface area contributed by atoms with Crippen LogP contribution in [-0.4, -0.2) is 17.0 Å². The van der Waals surface area contributed by atoms with Crippen molar-refractivity contribution in [3.63, 3.8) is 0 Å². The molecule has 1 fully saturated rings. The Hall–Kier alpha value is -1.26. The highest BCUT2D eigenvalue weighted by atomic mass is 35.5. The first kappa shape index (κ1) is 16.1. The van der Waals surface area contributed by atoms with Gasteiger partial charge in [0.05, 0.1) is 21.5 Å². The zero-order valence-corrected chi connectivity index (χ0v) is 13.2. The summed E-state index contributed by atoms with van der Waals surface area (Å²) in [5.41, 5.74) is -0.169. The first-order valence-corrected chi connectivity index (χ1v) is 7.58. The molecular formula is C15H17Cl2NO3. The number of halogens is 2. The molecule has 114 valence electrons. The smallest absolute Gasteiger partial charge is 0.310 e. The topological polar surface area (TPSA) is 66.4 Å². The molecule has 0 bridgehead atoms. The minimum absolute atomic E-state index is 0.00482. The fourth-order valence-electron chi connectivity index (χ4n) is 2.60. The number of carbonyl (C=O) groups excluding carboxylic acids is 1. The predicted octanol–water partition coefficient (Wildman–Crippen LogP) is 3.82. The Morgan fingerprint density at radius 3 is 2.57 bits per heavy atom. The van der Waals surface area contributed by atoms with Crippen molar-refractivity contribution >= 4 is 35.1 Å². The lowest BCUT2D eigenvalue weighted by Crippen LogP contribution is -2.43. The molecule has 6 heteroatoms. The van der Waals surface area contributed by atoms with E-state index < -0.39 is 11.4 Å². The van der Waals surface area contributed by atoms with E-state index in [-0.39, 0.29) is 18.4 Å². The van der Waals surface area contributed by atoms with Crippen LogP contribution in [0.15, 0.2) is 18.2 Å². The summed E-state index contributed by atoms with van der Waals surface area (Å²) in [5, 5.41) is 12.9. The van der Waals surface area contributed by atoms with Crippen molar-refractivity contribution in [1.82, 2.24) is 5.32 Å². The van der Waals surface area contributed by atoms with Gasteiger partial charge in [0.1, 0.15) is 0 Å². The van der Waals surface area contributed by atoms with E-state index in [9.17, 15) is 14.7 Å². The number of nitrogens with one attached hydrogen (secondary N) is 1. The van der Waals surface area contributed by atoms with Gasteiger partial charge in [0.15, 0.2) is 0 Å². The van der Waals surface area contributed by atoms with E-state index in [4.69, 9.17) is 23.2 Å². The number of carboxylic acid groups (broad SMARTS) is 1. The minimum atomic E-state index is -0.891. The van der Waals surface area contributed by atoms with Crippen LogP contribution in [0.5, 0.6) is 0 Å². The Bertz CT molecular complexity index is 570. The van der Waals surface area contributed by atoms with E-state index in [1.807, 2.05) is 0 Å². The Morgan fingerprint density at radius 1 is 1.38 bits per heavy atom. The van der Waals surface area contributed by atoms with Gasteiger partial charge in [-0.1, -0.05) is 41.8 Å². The summed E-state index contributed by atoms with van der Waals surface area (Å²) in [7, 11) is 0. The molecule has 1 amide bonds. The van der Waals surface area contributed by atoms with Crippen LogP contribution >= 0.6 is 23.2 Å². The minimum Gasteiger partial charge on any atom is -0.481 e. The van der Waals surface area contributed by atoms with E-state index in [0.717, 1.165) is 12.0 Å². The zero-order valence-electron chi connectivity index (χ0n) is 11.7. The van der Waals surface area contributed by atoms with E-state index >= 15 is 0 Å². The van der Waals surface area contributed by atoms with Crippen LogP contribution in [-0.2, 0) is 9.59 Å². The third-order valence-corrected chi connectivity index (χ3v) is 4.92. The Morgan fingerprint density at radius 2 is 2.05 bits per heavy atom. The number of hydrogen-bond acceptors (Lipinski definition) is 2. The quantitative estimate of drug-likeness (QED) is 0.863. The first-order valence-electron chi connectivity index (χ1n) is 6.82. The maximum atomic E-state index is 12.1. The second kappa shape index (κ2) is 6.24. The molecule has 1 aromatic carbocycles. The van der Waals surface area contributed by atoms with Crippen molar-refractivity contribution in [2.24, 2.45) is 5.41 Å². The molecule has 1 aliphatic rings. The van der Waals surface area contributed by atoms with Gasteiger partial charge >= 0.3 is 5.97 Å². The lowest BCUT2D eigenvalue weighted by molar-refractivity contribution is -0.157. The number of hydrogen-bond donors (Lipinski definition) is 2. The summed E-state index contributed by atoms with van der Waals surface area (Å²) in [6.45, 7) is 1.80. The van der Waals surface area contributed by atoms with Gasteiger partial charge in [0.25, 0.3) is 0 Å². The molecule has 0 spiro atoms. The Kier molecular flexibility index (Phi) is 4.79. The zero-order chi connectivity index (χ0) is 15.6. The van der Waals surface area contributed by atoms with Crippen LogP contribution in [0.3, 0.4) is 0 Å². The van der Waals surface area contributed by atoms with Crippen molar-refractivity contribution in [3.05, 3.63) is 33.8 Å². The number of carbonyl (C=O) groups is 2. The van der Waals surface area contributed by atoms with Crippen molar-refractivity contribution in [3.8, 4) is 0 Å². The third kappa shape index (κ3) is 3.33. The molecule has 2 rings (SSSR count). The second-order valence-corrected chi connectivity index (χ2v) is 6.33. The van der Waals surface area contributed by atoms with E-state index in [1.54, 1.807) is 25.1 Å². The molecule has 1 saturated carbocycles. The number of aliphatic carboxylic acids is 1. The van der Waals surface area contributed by atoms with Gasteiger partial charge in [-0.05, 0) is 31.4 Å². The van der Waals surface area contributed by atoms with E-state index in [1.165, 1.54) is 0 Å². The Labute approximate surface area is 133 Å². The summed E-state index contributed by atoms with van der Waals surface area (Å²) >= 11 is 12.1. The summed E-state index contributed by atoms with van der Waals surface area (Å²) in [6, 6.07) is 4.90. The molecule has 2 N–H and O–H groups in total. The fourth-order valence-corrected chi connectivity index (χ4v) is 3.07. The number of carboxylic acids is 1. The summed E-state index contributed by atoms with van der Waals surface area (Å²) in [5.74, 6) is -1.17. The molecular weight excluding hydrogens is 313 g/mol.